The number of aryl methyl sites for hydroxylation is 2. The standard InChI is InChI=1S/C15H22BrN3O/c1-8(12-7-10-4-5-11(12)6-10)17-15(20)14-13(16)9(2)18-19(14)3/h8,10-12H,4-7H2,1-3H3,(H,17,20). The van der Waals surface area contributed by atoms with Gasteiger partial charge in [-0.05, 0) is 66.8 Å². The van der Waals surface area contributed by atoms with Gasteiger partial charge >= 0.3 is 0 Å². The van der Waals surface area contributed by atoms with Crippen molar-refractivity contribution in [3.05, 3.63) is 15.9 Å². The zero-order valence-corrected chi connectivity index (χ0v) is 13.9. The largest absolute Gasteiger partial charge is 0.348 e. The summed E-state index contributed by atoms with van der Waals surface area (Å²) in [5.74, 6) is 2.38. The highest BCUT2D eigenvalue weighted by Gasteiger charge is 2.42. The fourth-order valence-corrected chi connectivity index (χ4v) is 4.68. The van der Waals surface area contributed by atoms with E-state index in [0.29, 0.717) is 11.6 Å². The van der Waals surface area contributed by atoms with Crippen LogP contribution in [-0.4, -0.2) is 21.7 Å². The molecule has 0 spiro atoms. The Labute approximate surface area is 128 Å². The highest BCUT2D eigenvalue weighted by Crippen LogP contribution is 2.49. The zero-order chi connectivity index (χ0) is 14.4. The van der Waals surface area contributed by atoms with E-state index in [1.807, 2.05) is 14.0 Å². The molecule has 2 saturated carbocycles. The van der Waals surface area contributed by atoms with E-state index in [0.717, 1.165) is 22.0 Å². The third-order valence-electron chi connectivity index (χ3n) is 5.16. The van der Waals surface area contributed by atoms with Gasteiger partial charge in [-0.15, -0.1) is 0 Å². The Bertz CT molecular complexity index is 539. The minimum atomic E-state index is -0.0183. The molecule has 2 bridgehead atoms. The van der Waals surface area contributed by atoms with E-state index < -0.39 is 0 Å². The second-order valence-corrected chi connectivity index (χ2v) is 7.27. The fourth-order valence-electron chi connectivity index (χ4n) is 4.17. The van der Waals surface area contributed by atoms with Crippen LogP contribution in [0.15, 0.2) is 4.47 Å². The smallest absolute Gasteiger partial charge is 0.270 e. The normalized spacial score (nSPS) is 29.7. The van der Waals surface area contributed by atoms with Gasteiger partial charge in [-0.1, -0.05) is 6.42 Å². The van der Waals surface area contributed by atoms with E-state index in [1.165, 1.54) is 25.7 Å². The zero-order valence-electron chi connectivity index (χ0n) is 12.3. The van der Waals surface area contributed by atoms with Gasteiger partial charge in [0.1, 0.15) is 5.69 Å². The predicted octanol–water partition coefficient (Wildman–Crippen LogP) is 3.05. The minimum absolute atomic E-state index is 0.0183. The molecule has 1 amide bonds. The van der Waals surface area contributed by atoms with Gasteiger partial charge in [-0.2, -0.15) is 5.10 Å². The van der Waals surface area contributed by atoms with Crippen LogP contribution < -0.4 is 5.32 Å². The molecule has 20 heavy (non-hydrogen) atoms. The molecular formula is C15H22BrN3O. The molecule has 4 nitrogen and oxygen atoms in total. The molecule has 0 saturated heterocycles. The Morgan fingerprint density at radius 2 is 2.20 bits per heavy atom. The Morgan fingerprint density at radius 1 is 1.45 bits per heavy atom. The van der Waals surface area contributed by atoms with Crippen molar-refractivity contribution in [1.82, 2.24) is 15.1 Å². The third-order valence-corrected chi connectivity index (χ3v) is 6.11. The van der Waals surface area contributed by atoms with Gasteiger partial charge in [0.2, 0.25) is 0 Å². The molecule has 3 rings (SSSR count). The van der Waals surface area contributed by atoms with E-state index in [9.17, 15) is 4.79 Å². The van der Waals surface area contributed by atoms with Crippen molar-refractivity contribution < 1.29 is 4.79 Å². The lowest BCUT2D eigenvalue weighted by molar-refractivity contribution is 0.0905. The second-order valence-electron chi connectivity index (χ2n) is 6.47. The molecule has 1 aromatic rings. The van der Waals surface area contributed by atoms with E-state index >= 15 is 0 Å². The highest BCUT2D eigenvalue weighted by atomic mass is 79.9. The summed E-state index contributed by atoms with van der Waals surface area (Å²) in [6.45, 7) is 4.06. The molecule has 1 aromatic heterocycles. The summed E-state index contributed by atoms with van der Waals surface area (Å²) in [4.78, 5) is 12.5. The Balaban J connectivity index is 1.69. The Kier molecular flexibility index (Phi) is 3.65. The molecule has 0 aliphatic heterocycles. The lowest BCUT2D eigenvalue weighted by Crippen LogP contribution is -2.40. The van der Waals surface area contributed by atoms with Gasteiger partial charge < -0.3 is 5.32 Å². The summed E-state index contributed by atoms with van der Waals surface area (Å²) in [6, 6.07) is 0.250. The van der Waals surface area contributed by atoms with Crippen LogP contribution in [0.3, 0.4) is 0 Å². The highest BCUT2D eigenvalue weighted by molar-refractivity contribution is 9.10. The molecule has 5 heteroatoms. The van der Waals surface area contributed by atoms with E-state index in [4.69, 9.17) is 0 Å². The summed E-state index contributed by atoms with van der Waals surface area (Å²) in [6.07, 6.45) is 5.41. The number of hydrogen-bond donors (Lipinski definition) is 1. The average molecular weight is 340 g/mol. The summed E-state index contributed by atoms with van der Waals surface area (Å²) >= 11 is 3.46. The quantitative estimate of drug-likeness (QED) is 0.919. The van der Waals surface area contributed by atoms with E-state index in [-0.39, 0.29) is 11.9 Å². The van der Waals surface area contributed by atoms with Gasteiger partial charge in [0, 0.05) is 13.1 Å². The summed E-state index contributed by atoms with van der Waals surface area (Å²) < 4.78 is 2.46. The number of fused-ring (bicyclic) bond motifs is 2. The number of nitrogens with one attached hydrogen (secondary N) is 1. The number of hydrogen-bond acceptors (Lipinski definition) is 2. The van der Waals surface area contributed by atoms with Crippen LogP contribution in [-0.2, 0) is 7.05 Å². The van der Waals surface area contributed by atoms with Crippen LogP contribution >= 0.6 is 15.9 Å². The monoisotopic (exact) mass is 339 g/mol. The number of amides is 1. The minimum Gasteiger partial charge on any atom is -0.348 e. The third kappa shape index (κ3) is 2.30. The summed E-state index contributed by atoms with van der Waals surface area (Å²) in [5.41, 5.74) is 1.47. The topological polar surface area (TPSA) is 46.9 Å². The maximum Gasteiger partial charge on any atom is 0.270 e. The molecular weight excluding hydrogens is 318 g/mol. The molecule has 1 heterocycles. The van der Waals surface area contributed by atoms with Gasteiger partial charge in [0.15, 0.2) is 0 Å². The molecule has 2 fully saturated rings. The van der Waals surface area contributed by atoms with Gasteiger partial charge in [0.25, 0.3) is 5.91 Å². The SMILES string of the molecule is Cc1nn(C)c(C(=O)NC(C)C2CC3CCC2C3)c1Br. The summed E-state index contributed by atoms with van der Waals surface area (Å²) in [7, 11) is 1.81. The fraction of sp³-hybridized carbons (Fsp3) is 0.733. The van der Waals surface area contributed by atoms with Crippen LogP contribution in [0, 0.1) is 24.7 Å². The van der Waals surface area contributed by atoms with Crippen molar-refractivity contribution >= 4 is 21.8 Å². The maximum absolute atomic E-state index is 12.5. The molecule has 0 radical (unpaired) electrons. The van der Waals surface area contributed by atoms with Crippen molar-refractivity contribution in [3.8, 4) is 0 Å². The van der Waals surface area contributed by atoms with E-state index in [2.05, 4.69) is 33.3 Å². The number of carbonyl (C=O) groups excluding carboxylic acids is 1. The predicted molar refractivity (Wildman–Crippen MR) is 81.5 cm³/mol. The lowest BCUT2D eigenvalue weighted by atomic mass is 9.84. The number of nitrogens with zero attached hydrogens (tertiary/aromatic N) is 2. The van der Waals surface area contributed by atoms with Crippen molar-refractivity contribution in [2.24, 2.45) is 24.8 Å². The Morgan fingerprint density at radius 3 is 2.70 bits per heavy atom. The maximum atomic E-state index is 12.5. The van der Waals surface area contributed by atoms with Gasteiger partial charge in [0.05, 0.1) is 10.2 Å². The number of carbonyl (C=O) groups is 1. The molecule has 0 aromatic carbocycles. The van der Waals surface area contributed by atoms with Crippen LogP contribution in [0.5, 0.6) is 0 Å². The first-order valence-corrected chi connectivity index (χ1v) is 8.26. The first-order valence-electron chi connectivity index (χ1n) is 7.47. The summed E-state index contributed by atoms with van der Waals surface area (Å²) in [5, 5.41) is 7.47. The first-order chi connectivity index (χ1) is 9.47. The molecule has 4 atom stereocenters. The molecule has 1 N–H and O–H groups in total. The van der Waals surface area contributed by atoms with Crippen molar-refractivity contribution in [2.45, 2.75) is 45.6 Å². The lowest BCUT2D eigenvalue weighted by Gasteiger charge is -2.28. The van der Waals surface area contributed by atoms with Gasteiger partial charge in [-0.3, -0.25) is 9.48 Å². The Hall–Kier alpha value is -0.840. The molecule has 110 valence electrons. The van der Waals surface area contributed by atoms with Crippen LogP contribution in [0.2, 0.25) is 0 Å². The van der Waals surface area contributed by atoms with Crippen LogP contribution in [0.1, 0.15) is 48.8 Å². The number of halogens is 1. The van der Waals surface area contributed by atoms with Crippen molar-refractivity contribution in [1.29, 1.82) is 0 Å². The number of aromatic nitrogens is 2. The number of rotatable bonds is 3. The molecule has 2 aliphatic rings. The van der Waals surface area contributed by atoms with Crippen molar-refractivity contribution in [3.63, 3.8) is 0 Å². The second kappa shape index (κ2) is 5.17. The average Bonchev–Trinajstić information content (AvgIpc) is 3.05. The molecule has 4 unspecified atom stereocenters. The molecule has 2 aliphatic carbocycles. The van der Waals surface area contributed by atoms with Gasteiger partial charge in [-0.25, -0.2) is 0 Å². The first kappa shape index (κ1) is 14.1. The van der Waals surface area contributed by atoms with Crippen molar-refractivity contribution in [2.75, 3.05) is 0 Å². The van der Waals surface area contributed by atoms with Crippen LogP contribution in [0.25, 0.3) is 0 Å². The van der Waals surface area contributed by atoms with Crippen LogP contribution in [0.4, 0.5) is 0 Å². The van der Waals surface area contributed by atoms with E-state index in [1.54, 1.807) is 4.68 Å².